The summed E-state index contributed by atoms with van der Waals surface area (Å²) in [4.78, 5) is 30.1. The van der Waals surface area contributed by atoms with Gasteiger partial charge >= 0.3 is 0 Å². The molecule has 2 aromatic rings. The SMILES string of the molecule is CSc1ccccc1C(=O)N1CC(=O)N(c2ccccc2C)CC1C. The fraction of sp³-hybridized carbons (Fsp3) is 0.300. The maximum Gasteiger partial charge on any atom is 0.255 e. The molecule has 1 fully saturated rings. The van der Waals surface area contributed by atoms with E-state index in [2.05, 4.69) is 0 Å². The molecule has 2 aromatic carbocycles. The number of anilines is 1. The minimum atomic E-state index is -0.0739. The molecule has 2 amide bonds. The van der Waals surface area contributed by atoms with Gasteiger partial charge in [-0.2, -0.15) is 0 Å². The molecular weight excluding hydrogens is 332 g/mol. The Hall–Kier alpha value is -2.27. The Morgan fingerprint density at radius 1 is 1.12 bits per heavy atom. The summed E-state index contributed by atoms with van der Waals surface area (Å²) in [6.45, 7) is 4.62. The number of thioether (sulfide) groups is 1. The maximum atomic E-state index is 13.0. The van der Waals surface area contributed by atoms with Gasteiger partial charge in [0.25, 0.3) is 5.91 Å². The number of carbonyl (C=O) groups is 2. The van der Waals surface area contributed by atoms with E-state index in [9.17, 15) is 9.59 Å². The van der Waals surface area contributed by atoms with E-state index in [1.165, 1.54) is 0 Å². The van der Waals surface area contributed by atoms with E-state index in [4.69, 9.17) is 0 Å². The van der Waals surface area contributed by atoms with Crippen LogP contribution in [0.2, 0.25) is 0 Å². The molecule has 0 aromatic heterocycles. The summed E-state index contributed by atoms with van der Waals surface area (Å²) in [5.41, 5.74) is 2.66. The van der Waals surface area contributed by atoms with Crippen molar-refractivity contribution in [3.8, 4) is 0 Å². The number of rotatable bonds is 3. The molecule has 0 bridgehead atoms. The molecule has 1 aliphatic rings. The molecule has 4 nitrogen and oxygen atoms in total. The number of nitrogens with zero attached hydrogens (tertiary/aromatic N) is 2. The molecule has 1 unspecified atom stereocenters. The third-order valence-electron chi connectivity index (χ3n) is 4.59. The van der Waals surface area contributed by atoms with Gasteiger partial charge in [0.15, 0.2) is 0 Å². The third kappa shape index (κ3) is 3.42. The second-order valence-corrected chi connectivity index (χ2v) is 7.12. The van der Waals surface area contributed by atoms with Crippen molar-refractivity contribution >= 4 is 29.3 Å². The van der Waals surface area contributed by atoms with Gasteiger partial charge in [-0.3, -0.25) is 9.59 Å². The molecule has 0 aliphatic carbocycles. The molecule has 0 spiro atoms. The monoisotopic (exact) mass is 354 g/mol. The Balaban J connectivity index is 1.84. The van der Waals surface area contributed by atoms with Crippen LogP contribution in [0.3, 0.4) is 0 Å². The molecule has 1 heterocycles. The van der Waals surface area contributed by atoms with Crippen LogP contribution in [0.5, 0.6) is 0 Å². The van der Waals surface area contributed by atoms with Crippen molar-refractivity contribution in [2.75, 3.05) is 24.2 Å². The number of hydrogen-bond acceptors (Lipinski definition) is 3. The van der Waals surface area contributed by atoms with Crippen LogP contribution in [0.15, 0.2) is 53.4 Å². The number of aryl methyl sites for hydroxylation is 1. The summed E-state index contributed by atoms with van der Waals surface area (Å²) in [5.74, 6) is -0.113. The number of benzene rings is 2. The highest BCUT2D eigenvalue weighted by Crippen LogP contribution is 2.26. The highest BCUT2D eigenvalue weighted by atomic mass is 32.2. The number of carbonyl (C=O) groups excluding carboxylic acids is 2. The third-order valence-corrected chi connectivity index (χ3v) is 5.39. The molecule has 1 saturated heterocycles. The Morgan fingerprint density at radius 2 is 1.80 bits per heavy atom. The van der Waals surface area contributed by atoms with Gasteiger partial charge in [0.2, 0.25) is 5.91 Å². The van der Waals surface area contributed by atoms with Gasteiger partial charge in [-0.1, -0.05) is 30.3 Å². The summed E-state index contributed by atoms with van der Waals surface area (Å²) in [5, 5.41) is 0. The lowest BCUT2D eigenvalue weighted by Gasteiger charge is -2.40. The Bertz CT molecular complexity index is 806. The van der Waals surface area contributed by atoms with Crippen LogP contribution < -0.4 is 4.90 Å². The van der Waals surface area contributed by atoms with Gasteiger partial charge in [0.05, 0.1) is 5.56 Å². The van der Waals surface area contributed by atoms with Gasteiger partial charge in [-0.15, -0.1) is 11.8 Å². The average molecular weight is 354 g/mol. The lowest BCUT2D eigenvalue weighted by molar-refractivity contribution is -0.121. The molecule has 0 N–H and O–H groups in total. The number of hydrogen-bond donors (Lipinski definition) is 0. The van der Waals surface area contributed by atoms with Crippen molar-refractivity contribution in [2.24, 2.45) is 0 Å². The summed E-state index contributed by atoms with van der Waals surface area (Å²) in [7, 11) is 0. The molecule has 0 saturated carbocycles. The fourth-order valence-corrected chi connectivity index (χ4v) is 3.79. The lowest BCUT2D eigenvalue weighted by atomic mass is 10.1. The van der Waals surface area contributed by atoms with Gasteiger partial charge in [-0.25, -0.2) is 0 Å². The van der Waals surface area contributed by atoms with E-state index in [1.807, 2.05) is 68.6 Å². The average Bonchev–Trinajstić information content (AvgIpc) is 2.63. The quantitative estimate of drug-likeness (QED) is 0.791. The fourth-order valence-electron chi connectivity index (χ4n) is 3.20. The van der Waals surface area contributed by atoms with Crippen molar-refractivity contribution < 1.29 is 9.59 Å². The lowest BCUT2D eigenvalue weighted by Crippen LogP contribution is -2.57. The van der Waals surface area contributed by atoms with Crippen molar-refractivity contribution in [3.05, 3.63) is 59.7 Å². The molecule has 130 valence electrons. The van der Waals surface area contributed by atoms with Gasteiger partial charge in [0.1, 0.15) is 6.54 Å². The smallest absolute Gasteiger partial charge is 0.255 e. The standard InChI is InChI=1S/C20H22N2O2S/c1-14-8-4-6-10-17(14)22-12-15(2)21(13-19(22)23)20(24)16-9-5-7-11-18(16)25-3/h4-11,15H,12-13H2,1-3H3. The minimum Gasteiger partial charge on any atom is -0.325 e. The normalized spacial score (nSPS) is 17.7. The molecule has 1 atom stereocenters. The first-order valence-corrected chi connectivity index (χ1v) is 9.55. The first-order valence-electron chi connectivity index (χ1n) is 8.33. The molecule has 0 radical (unpaired) electrons. The summed E-state index contributed by atoms with van der Waals surface area (Å²) < 4.78 is 0. The first-order chi connectivity index (χ1) is 12.0. The zero-order chi connectivity index (χ0) is 18.0. The molecule has 3 rings (SSSR count). The summed E-state index contributed by atoms with van der Waals surface area (Å²) in [6.07, 6.45) is 1.96. The van der Waals surface area contributed by atoms with Crippen molar-refractivity contribution in [3.63, 3.8) is 0 Å². The van der Waals surface area contributed by atoms with Crippen LogP contribution in [0.4, 0.5) is 5.69 Å². The molecule has 25 heavy (non-hydrogen) atoms. The van der Waals surface area contributed by atoms with Crippen molar-refractivity contribution in [1.29, 1.82) is 0 Å². The zero-order valence-electron chi connectivity index (χ0n) is 14.7. The van der Waals surface area contributed by atoms with E-state index in [0.29, 0.717) is 12.1 Å². The van der Waals surface area contributed by atoms with Crippen LogP contribution in [0.1, 0.15) is 22.8 Å². The van der Waals surface area contributed by atoms with Gasteiger partial charge in [-0.05, 0) is 43.9 Å². The first kappa shape index (κ1) is 17.5. The summed E-state index contributed by atoms with van der Waals surface area (Å²) in [6, 6.07) is 15.4. The van der Waals surface area contributed by atoms with E-state index >= 15 is 0 Å². The van der Waals surface area contributed by atoms with E-state index in [1.54, 1.807) is 21.6 Å². The van der Waals surface area contributed by atoms with Gasteiger partial charge < -0.3 is 9.80 Å². The highest BCUT2D eigenvalue weighted by Gasteiger charge is 2.34. The predicted octanol–water partition coefficient (Wildman–Crippen LogP) is 3.59. The van der Waals surface area contributed by atoms with Crippen LogP contribution in [-0.2, 0) is 4.79 Å². The van der Waals surface area contributed by atoms with Crippen LogP contribution >= 0.6 is 11.8 Å². The minimum absolute atomic E-state index is 0.0395. The highest BCUT2D eigenvalue weighted by molar-refractivity contribution is 7.98. The van der Waals surface area contributed by atoms with Crippen LogP contribution in [0, 0.1) is 6.92 Å². The molecule has 5 heteroatoms. The second-order valence-electron chi connectivity index (χ2n) is 6.27. The van der Waals surface area contributed by atoms with E-state index in [0.717, 1.165) is 16.1 Å². The van der Waals surface area contributed by atoms with Crippen LogP contribution in [-0.4, -0.2) is 42.1 Å². The number of amides is 2. The maximum absolute atomic E-state index is 13.0. The Labute approximate surface area is 152 Å². The molecule has 1 aliphatic heterocycles. The Morgan fingerprint density at radius 3 is 2.52 bits per heavy atom. The van der Waals surface area contributed by atoms with E-state index < -0.39 is 0 Å². The number of piperazine rings is 1. The largest absolute Gasteiger partial charge is 0.325 e. The Kier molecular flexibility index (Phi) is 5.13. The predicted molar refractivity (Wildman–Crippen MR) is 102 cm³/mol. The van der Waals surface area contributed by atoms with Crippen LogP contribution in [0.25, 0.3) is 0 Å². The van der Waals surface area contributed by atoms with Gasteiger partial charge in [0, 0.05) is 23.2 Å². The van der Waals surface area contributed by atoms with Crippen molar-refractivity contribution in [2.45, 2.75) is 24.8 Å². The second kappa shape index (κ2) is 7.31. The van der Waals surface area contributed by atoms with E-state index in [-0.39, 0.29) is 24.4 Å². The summed E-state index contributed by atoms with van der Waals surface area (Å²) >= 11 is 1.55. The van der Waals surface area contributed by atoms with Crippen molar-refractivity contribution in [1.82, 2.24) is 4.90 Å². The number of para-hydroxylation sites is 1. The topological polar surface area (TPSA) is 40.6 Å². The zero-order valence-corrected chi connectivity index (χ0v) is 15.5. The molecular formula is C20H22N2O2S.